The van der Waals surface area contributed by atoms with Crippen molar-refractivity contribution >= 4 is 12.2 Å². The third-order valence-electron chi connectivity index (χ3n) is 2.47. The van der Waals surface area contributed by atoms with E-state index in [0.29, 0.717) is 6.61 Å². The van der Waals surface area contributed by atoms with Crippen molar-refractivity contribution in [1.29, 1.82) is 0 Å². The molecule has 86 valence electrons. The van der Waals surface area contributed by atoms with Gasteiger partial charge in [0.25, 0.3) is 0 Å². The lowest BCUT2D eigenvalue weighted by Gasteiger charge is -2.06. The number of benzene rings is 2. The molecule has 0 spiro atoms. The third kappa shape index (κ3) is 3.22. The highest BCUT2D eigenvalue weighted by atomic mass is 16.5. The molecule has 1 nitrogen and oxygen atoms in total. The van der Waals surface area contributed by atoms with Crippen LogP contribution in [0.15, 0.2) is 54.6 Å². The Balaban J connectivity index is 2.21. The van der Waals surface area contributed by atoms with E-state index in [1.807, 2.05) is 43.3 Å². The van der Waals surface area contributed by atoms with Crippen molar-refractivity contribution in [3.8, 4) is 5.75 Å². The summed E-state index contributed by atoms with van der Waals surface area (Å²) in [5, 5.41) is 0. The first-order valence-electron chi connectivity index (χ1n) is 5.85. The second-order valence-electron chi connectivity index (χ2n) is 3.71. The summed E-state index contributed by atoms with van der Waals surface area (Å²) in [6, 6.07) is 18.3. The van der Waals surface area contributed by atoms with E-state index in [9.17, 15) is 0 Å². The quantitative estimate of drug-likeness (QED) is 0.705. The summed E-state index contributed by atoms with van der Waals surface area (Å²) in [5.41, 5.74) is 2.30. The fourth-order valence-corrected chi connectivity index (χ4v) is 1.66. The number of hydrogen-bond acceptors (Lipinski definition) is 1. The molecule has 0 bridgehead atoms. The van der Waals surface area contributed by atoms with Crippen molar-refractivity contribution in [1.82, 2.24) is 0 Å². The first kappa shape index (κ1) is 11.5. The second-order valence-corrected chi connectivity index (χ2v) is 3.71. The monoisotopic (exact) mass is 224 g/mol. The summed E-state index contributed by atoms with van der Waals surface area (Å²) in [4.78, 5) is 0. The van der Waals surface area contributed by atoms with Crippen LogP contribution in [0.1, 0.15) is 18.1 Å². The molecule has 0 amide bonds. The predicted molar refractivity (Wildman–Crippen MR) is 73.0 cm³/mol. The average Bonchev–Trinajstić information content (AvgIpc) is 2.39. The van der Waals surface area contributed by atoms with Crippen LogP contribution in [-0.4, -0.2) is 6.61 Å². The molecule has 2 rings (SSSR count). The van der Waals surface area contributed by atoms with Crippen LogP contribution < -0.4 is 4.74 Å². The summed E-state index contributed by atoms with van der Waals surface area (Å²) in [7, 11) is 0. The van der Waals surface area contributed by atoms with E-state index in [1.54, 1.807) is 0 Å². The Morgan fingerprint density at radius 3 is 2.35 bits per heavy atom. The SMILES string of the molecule is CCOc1ccccc1/C=C/c1ccccc1. The van der Waals surface area contributed by atoms with Gasteiger partial charge in [0.05, 0.1) is 6.61 Å². The zero-order valence-electron chi connectivity index (χ0n) is 9.97. The maximum atomic E-state index is 5.57. The largest absolute Gasteiger partial charge is 0.493 e. The molecule has 0 atom stereocenters. The summed E-state index contributed by atoms with van der Waals surface area (Å²) < 4.78 is 5.57. The molecule has 0 fully saturated rings. The topological polar surface area (TPSA) is 9.23 Å². The standard InChI is InChI=1S/C16H16O/c1-2-17-16-11-7-6-10-15(16)13-12-14-8-4-3-5-9-14/h3-13H,2H2,1H3/b13-12+. The van der Waals surface area contributed by atoms with Gasteiger partial charge in [-0.2, -0.15) is 0 Å². The van der Waals surface area contributed by atoms with Crippen molar-refractivity contribution in [3.05, 3.63) is 65.7 Å². The van der Waals surface area contributed by atoms with Gasteiger partial charge in [0.1, 0.15) is 5.75 Å². The smallest absolute Gasteiger partial charge is 0.126 e. The van der Waals surface area contributed by atoms with Crippen LogP contribution in [0.2, 0.25) is 0 Å². The van der Waals surface area contributed by atoms with Gasteiger partial charge in [-0.25, -0.2) is 0 Å². The summed E-state index contributed by atoms with van der Waals surface area (Å²) in [6.45, 7) is 2.69. The highest BCUT2D eigenvalue weighted by molar-refractivity contribution is 5.72. The molecular formula is C16H16O. The Morgan fingerprint density at radius 1 is 0.882 bits per heavy atom. The molecule has 0 aliphatic heterocycles. The van der Waals surface area contributed by atoms with Gasteiger partial charge in [-0.05, 0) is 18.6 Å². The fourth-order valence-electron chi connectivity index (χ4n) is 1.66. The van der Waals surface area contributed by atoms with E-state index in [1.165, 1.54) is 5.56 Å². The zero-order chi connectivity index (χ0) is 11.9. The molecule has 0 unspecified atom stereocenters. The number of para-hydroxylation sites is 1. The van der Waals surface area contributed by atoms with Crippen molar-refractivity contribution in [3.63, 3.8) is 0 Å². The van der Waals surface area contributed by atoms with Crippen LogP contribution >= 0.6 is 0 Å². The predicted octanol–water partition coefficient (Wildman–Crippen LogP) is 4.26. The van der Waals surface area contributed by atoms with Gasteiger partial charge >= 0.3 is 0 Å². The van der Waals surface area contributed by atoms with Crippen LogP contribution in [0, 0.1) is 0 Å². The van der Waals surface area contributed by atoms with Crippen molar-refractivity contribution in [2.75, 3.05) is 6.61 Å². The van der Waals surface area contributed by atoms with E-state index < -0.39 is 0 Å². The molecule has 1 heteroatoms. The Kier molecular flexibility index (Phi) is 3.98. The van der Waals surface area contributed by atoms with Crippen LogP contribution in [0.5, 0.6) is 5.75 Å². The van der Waals surface area contributed by atoms with Gasteiger partial charge in [-0.1, -0.05) is 60.7 Å². The molecule has 0 saturated heterocycles. The minimum atomic E-state index is 0.691. The molecule has 17 heavy (non-hydrogen) atoms. The number of hydrogen-bond donors (Lipinski definition) is 0. The fraction of sp³-hybridized carbons (Fsp3) is 0.125. The van der Waals surface area contributed by atoms with E-state index in [-0.39, 0.29) is 0 Å². The highest BCUT2D eigenvalue weighted by Crippen LogP contribution is 2.20. The molecule has 2 aromatic carbocycles. The van der Waals surface area contributed by atoms with Gasteiger partial charge in [0.15, 0.2) is 0 Å². The van der Waals surface area contributed by atoms with E-state index in [2.05, 4.69) is 30.4 Å². The molecular weight excluding hydrogens is 208 g/mol. The molecule has 0 heterocycles. The summed E-state index contributed by atoms with van der Waals surface area (Å²) >= 11 is 0. The highest BCUT2D eigenvalue weighted by Gasteiger charge is 1.97. The Hall–Kier alpha value is -2.02. The average molecular weight is 224 g/mol. The molecule has 0 saturated carbocycles. The van der Waals surface area contributed by atoms with Crippen molar-refractivity contribution < 1.29 is 4.74 Å². The maximum absolute atomic E-state index is 5.57. The van der Waals surface area contributed by atoms with Crippen molar-refractivity contribution in [2.45, 2.75) is 6.92 Å². The molecule has 0 radical (unpaired) electrons. The van der Waals surface area contributed by atoms with Crippen LogP contribution in [-0.2, 0) is 0 Å². The van der Waals surface area contributed by atoms with Gasteiger partial charge in [0.2, 0.25) is 0 Å². The molecule has 0 aromatic heterocycles. The number of ether oxygens (including phenoxy) is 1. The van der Waals surface area contributed by atoms with Gasteiger partial charge < -0.3 is 4.74 Å². The van der Waals surface area contributed by atoms with E-state index >= 15 is 0 Å². The van der Waals surface area contributed by atoms with E-state index in [4.69, 9.17) is 4.74 Å². The molecule has 0 N–H and O–H groups in total. The Labute approximate surface area is 102 Å². The first-order chi connectivity index (χ1) is 8.40. The minimum absolute atomic E-state index is 0.691. The summed E-state index contributed by atoms with van der Waals surface area (Å²) in [5.74, 6) is 0.933. The second kappa shape index (κ2) is 5.90. The minimum Gasteiger partial charge on any atom is -0.493 e. The normalized spacial score (nSPS) is 10.6. The Bertz CT molecular complexity index is 486. The van der Waals surface area contributed by atoms with Gasteiger partial charge in [-0.3, -0.25) is 0 Å². The lowest BCUT2D eigenvalue weighted by Crippen LogP contribution is -1.92. The maximum Gasteiger partial charge on any atom is 0.126 e. The summed E-state index contributed by atoms with van der Waals surface area (Å²) in [6.07, 6.45) is 4.18. The lowest BCUT2D eigenvalue weighted by molar-refractivity contribution is 0.339. The van der Waals surface area contributed by atoms with Gasteiger partial charge in [0, 0.05) is 5.56 Å². The zero-order valence-corrected chi connectivity index (χ0v) is 9.97. The molecule has 0 aliphatic rings. The van der Waals surface area contributed by atoms with Gasteiger partial charge in [-0.15, -0.1) is 0 Å². The van der Waals surface area contributed by atoms with Crippen LogP contribution in [0.25, 0.3) is 12.2 Å². The first-order valence-corrected chi connectivity index (χ1v) is 5.85. The Morgan fingerprint density at radius 2 is 1.59 bits per heavy atom. The molecule has 2 aromatic rings. The van der Waals surface area contributed by atoms with Crippen LogP contribution in [0.4, 0.5) is 0 Å². The lowest BCUT2D eigenvalue weighted by atomic mass is 10.1. The third-order valence-corrected chi connectivity index (χ3v) is 2.47. The number of rotatable bonds is 4. The van der Waals surface area contributed by atoms with Crippen molar-refractivity contribution in [2.24, 2.45) is 0 Å². The van der Waals surface area contributed by atoms with E-state index in [0.717, 1.165) is 11.3 Å². The molecule has 0 aliphatic carbocycles. The van der Waals surface area contributed by atoms with Crippen LogP contribution in [0.3, 0.4) is 0 Å².